The molecule has 0 radical (unpaired) electrons. The number of pyridine rings is 1. The van der Waals surface area contributed by atoms with Gasteiger partial charge in [-0.3, -0.25) is 14.7 Å². The number of amides is 1. The Labute approximate surface area is 208 Å². The second-order valence-corrected chi connectivity index (χ2v) is 9.38. The molecule has 3 heterocycles. The molecule has 8 nitrogen and oxygen atoms in total. The first-order valence-corrected chi connectivity index (χ1v) is 12.2. The van der Waals surface area contributed by atoms with Crippen molar-refractivity contribution in [2.75, 3.05) is 56.0 Å². The highest BCUT2D eigenvalue weighted by Crippen LogP contribution is 2.38. The number of anilines is 2. The highest BCUT2D eigenvalue weighted by Gasteiger charge is 2.35. The highest BCUT2D eigenvalue weighted by atomic mass is 19.4. The highest BCUT2D eigenvalue weighted by molar-refractivity contribution is 5.76. The molecule has 36 heavy (non-hydrogen) atoms. The van der Waals surface area contributed by atoms with E-state index in [1.54, 1.807) is 4.90 Å². The molecule has 1 aromatic heterocycles. The third-order valence-electron chi connectivity index (χ3n) is 6.81. The number of aromatic nitrogens is 1. The van der Waals surface area contributed by atoms with Gasteiger partial charge in [0.25, 0.3) is 0 Å². The number of piperazine rings is 1. The molecule has 194 valence electrons. The lowest BCUT2D eigenvalue weighted by Gasteiger charge is -2.36. The summed E-state index contributed by atoms with van der Waals surface area (Å²) >= 11 is 0. The van der Waals surface area contributed by atoms with Crippen LogP contribution in [-0.2, 0) is 11.0 Å². The number of carbonyl (C=O) groups is 1. The lowest BCUT2D eigenvalue weighted by atomic mass is 10.1. The fraction of sp³-hybridized carbons (Fsp3) is 0.520. The second kappa shape index (κ2) is 11.2. The van der Waals surface area contributed by atoms with Crippen LogP contribution in [0.25, 0.3) is 0 Å². The van der Waals surface area contributed by atoms with Crippen LogP contribution in [0.3, 0.4) is 0 Å². The molecule has 0 unspecified atom stereocenters. The van der Waals surface area contributed by atoms with E-state index in [1.807, 2.05) is 19.2 Å². The van der Waals surface area contributed by atoms with Crippen LogP contribution >= 0.6 is 0 Å². The average Bonchev–Trinajstić information content (AvgIpc) is 3.33. The number of nitroso groups, excluding NO2 is 1. The Kier molecular flexibility index (Phi) is 8.07. The molecular formula is C25H31F3N6O2. The van der Waals surface area contributed by atoms with Crippen molar-refractivity contribution in [3.63, 3.8) is 0 Å². The first kappa shape index (κ1) is 25.9. The molecule has 1 aromatic carbocycles. The summed E-state index contributed by atoms with van der Waals surface area (Å²) in [5, 5.41) is 5.53. The molecule has 0 spiro atoms. The van der Waals surface area contributed by atoms with E-state index in [0.29, 0.717) is 25.9 Å². The summed E-state index contributed by atoms with van der Waals surface area (Å²) in [6.07, 6.45) is -0.879. The van der Waals surface area contributed by atoms with Gasteiger partial charge in [-0.25, -0.2) is 0 Å². The molecule has 11 heteroatoms. The number of nitrogens with one attached hydrogen (secondary N) is 1. The lowest BCUT2D eigenvalue weighted by Crippen LogP contribution is -2.46. The number of hydrogen-bond acceptors (Lipinski definition) is 7. The third-order valence-corrected chi connectivity index (χ3v) is 6.81. The predicted octanol–water partition coefficient (Wildman–Crippen LogP) is 4.42. The van der Waals surface area contributed by atoms with Crippen LogP contribution < -0.4 is 10.2 Å². The molecule has 1 N–H and O–H groups in total. The molecule has 0 aliphatic carbocycles. The molecule has 1 amide bonds. The van der Waals surface area contributed by atoms with Crippen molar-refractivity contribution in [3.8, 4) is 0 Å². The van der Waals surface area contributed by atoms with Crippen LogP contribution in [0.15, 0.2) is 41.7 Å². The fourth-order valence-electron chi connectivity index (χ4n) is 4.76. The summed E-state index contributed by atoms with van der Waals surface area (Å²) in [5.41, 5.74) is 0.700. The van der Waals surface area contributed by atoms with Crippen molar-refractivity contribution >= 4 is 23.0 Å². The summed E-state index contributed by atoms with van der Waals surface area (Å²) in [4.78, 5) is 34.2. The largest absolute Gasteiger partial charge is 0.418 e. The van der Waals surface area contributed by atoms with Gasteiger partial charge in [0.15, 0.2) is 0 Å². The zero-order valence-electron chi connectivity index (χ0n) is 20.3. The summed E-state index contributed by atoms with van der Waals surface area (Å²) in [6.45, 7) is 7.58. The molecule has 0 bridgehead atoms. The van der Waals surface area contributed by atoms with Gasteiger partial charge >= 0.3 is 6.18 Å². The number of aryl methyl sites for hydroxylation is 1. The standard InChI is InChI=1S/C25H31F3N6O2/c1-18-4-6-21(16-29-18)33-13-11-32(12-14-33)9-2-3-24(35)34-10-8-20(17-34)30-19-5-7-23(31-36)22(15-19)25(26,27)28/h4-7,15-16,20,30H,2-3,8-14,17H2,1H3/t20-/m0/s1. The number of alkyl halides is 3. The minimum atomic E-state index is -4.66. The first-order chi connectivity index (χ1) is 17.2. The van der Waals surface area contributed by atoms with Crippen molar-refractivity contribution < 1.29 is 18.0 Å². The van der Waals surface area contributed by atoms with Gasteiger partial charge in [0.05, 0.1) is 17.4 Å². The van der Waals surface area contributed by atoms with Crippen molar-refractivity contribution in [1.29, 1.82) is 0 Å². The van der Waals surface area contributed by atoms with Crippen molar-refractivity contribution in [2.45, 2.75) is 38.4 Å². The average molecular weight is 505 g/mol. The molecule has 2 fully saturated rings. The van der Waals surface area contributed by atoms with Crippen molar-refractivity contribution in [1.82, 2.24) is 14.8 Å². The predicted molar refractivity (Wildman–Crippen MR) is 132 cm³/mol. The molecule has 4 rings (SSSR count). The second-order valence-electron chi connectivity index (χ2n) is 9.38. The summed E-state index contributed by atoms with van der Waals surface area (Å²) in [7, 11) is 0. The van der Waals surface area contributed by atoms with Crippen LogP contribution in [-0.4, -0.2) is 72.5 Å². The van der Waals surface area contributed by atoms with E-state index in [0.717, 1.165) is 62.7 Å². The normalized spacial score (nSPS) is 18.9. The third kappa shape index (κ3) is 6.51. The Morgan fingerprint density at radius 2 is 1.92 bits per heavy atom. The minimum Gasteiger partial charge on any atom is -0.380 e. The van der Waals surface area contributed by atoms with Gasteiger partial charge in [0.1, 0.15) is 5.69 Å². The minimum absolute atomic E-state index is 0.0696. The van der Waals surface area contributed by atoms with Crippen LogP contribution in [0.5, 0.6) is 0 Å². The maximum Gasteiger partial charge on any atom is 0.418 e. The number of hydrogen-bond donors (Lipinski definition) is 1. The Morgan fingerprint density at radius 3 is 2.58 bits per heavy atom. The van der Waals surface area contributed by atoms with Gasteiger partial charge in [-0.2, -0.15) is 13.2 Å². The van der Waals surface area contributed by atoms with E-state index >= 15 is 0 Å². The van der Waals surface area contributed by atoms with E-state index in [2.05, 4.69) is 31.3 Å². The Balaban J connectivity index is 1.18. The van der Waals surface area contributed by atoms with E-state index in [9.17, 15) is 22.9 Å². The van der Waals surface area contributed by atoms with Gasteiger partial charge in [0.2, 0.25) is 5.91 Å². The van der Waals surface area contributed by atoms with E-state index in [1.165, 1.54) is 6.07 Å². The van der Waals surface area contributed by atoms with E-state index in [-0.39, 0.29) is 17.6 Å². The quantitative estimate of drug-likeness (QED) is 0.536. The Morgan fingerprint density at radius 1 is 1.14 bits per heavy atom. The summed E-state index contributed by atoms with van der Waals surface area (Å²) in [5.74, 6) is 0.0696. The van der Waals surface area contributed by atoms with Crippen molar-refractivity contribution in [3.05, 3.63) is 52.7 Å². The molecule has 2 aliphatic rings. The van der Waals surface area contributed by atoms with Gasteiger partial charge in [-0.15, -0.1) is 4.91 Å². The van der Waals surface area contributed by atoms with E-state index in [4.69, 9.17) is 0 Å². The zero-order chi connectivity index (χ0) is 25.7. The van der Waals surface area contributed by atoms with Crippen LogP contribution in [0.4, 0.5) is 30.2 Å². The number of halogens is 3. The van der Waals surface area contributed by atoms with Gasteiger partial charge in [0, 0.05) is 63.1 Å². The van der Waals surface area contributed by atoms with Crippen LogP contribution in [0, 0.1) is 11.8 Å². The number of carbonyl (C=O) groups excluding carboxylic acids is 1. The molecular weight excluding hydrogens is 473 g/mol. The topological polar surface area (TPSA) is 81.1 Å². The smallest absolute Gasteiger partial charge is 0.380 e. The zero-order valence-corrected chi connectivity index (χ0v) is 20.3. The molecule has 1 atom stereocenters. The van der Waals surface area contributed by atoms with Crippen LogP contribution in [0.2, 0.25) is 0 Å². The van der Waals surface area contributed by atoms with E-state index < -0.39 is 17.4 Å². The Hall–Kier alpha value is -3.21. The van der Waals surface area contributed by atoms with Gasteiger partial charge in [-0.05, 0) is 61.8 Å². The number of nitrogens with zero attached hydrogens (tertiary/aromatic N) is 5. The SMILES string of the molecule is Cc1ccc(N2CCN(CCCC(=O)N3CC[C@H](Nc4ccc(N=O)c(C(F)(F)F)c4)C3)CC2)cn1. The molecule has 2 saturated heterocycles. The molecule has 2 aromatic rings. The van der Waals surface area contributed by atoms with Crippen LogP contribution in [0.1, 0.15) is 30.5 Å². The summed E-state index contributed by atoms with van der Waals surface area (Å²) < 4.78 is 39.5. The number of likely N-dealkylation sites (tertiary alicyclic amines) is 1. The monoisotopic (exact) mass is 504 g/mol. The van der Waals surface area contributed by atoms with Crippen molar-refractivity contribution in [2.24, 2.45) is 5.18 Å². The maximum atomic E-state index is 13.2. The maximum absolute atomic E-state index is 13.2. The number of benzene rings is 1. The molecule has 0 saturated carbocycles. The summed E-state index contributed by atoms with van der Waals surface area (Å²) in [6, 6.07) is 7.35. The Bertz CT molecular complexity index is 1050. The lowest BCUT2D eigenvalue weighted by molar-refractivity contribution is -0.137. The fourth-order valence-corrected chi connectivity index (χ4v) is 4.76. The molecule has 2 aliphatic heterocycles. The first-order valence-electron chi connectivity index (χ1n) is 12.2. The van der Waals surface area contributed by atoms with Gasteiger partial charge in [-0.1, -0.05) is 0 Å². The number of rotatable bonds is 8. The van der Waals surface area contributed by atoms with Gasteiger partial charge < -0.3 is 15.1 Å².